The summed E-state index contributed by atoms with van der Waals surface area (Å²) >= 11 is 0. The van der Waals surface area contributed by atoms with Crippen molar-refractivity contribution in [3.8, 4) is 0 Å². The van der Waals surface area contributed by atoms with Gasteiger partial charge in [0, 0.05) is 12.6 Å². The van der Waals surface area contributed by atoms with E-state index in [1.165, 1.54) is 44.9 Å². The van der Waals surface area contributed by atoms with E-state index in [-0.39, 0.29) is 0 Å². The lowest BCUT2D eigenvalue weighted by Crippen LogP contribution is -2.47. The van der Waals surface area contributed by atoms with E-state index in [4.69, 9.17) is 4.74 Å². The van der Waals surface area contributed by atoms with Crippen LogP contribution in [-0.4, -0.2) is 25.3 Å². The van der Waals surface area contributed by atoms with Gasteiger partial charge in [-0.05, 0) is 44.6 Å². The summed E-state index contributed by atoms with van der Waals surface area (Å²) in [6.45, 7) is 10.9. The van der Waals surface area contributed by atoms with Crippen LogP contribution in [0, 0.1) is 11.8 Å². The molecule has 0 radical (unpaired) electrons. The van der Waals surface area contributed by atoms with Crippen molar-refractivity contribution in [3.05, 3.63) is 0 Å². The highest BCUT2D eigenvalue weighted by Gasteiger charge is 2.31. The van der Waals surface area contributed by atoms with Gasteiger partial charge < -0.3 is 10.1 Å². The fourth-order valence-electron chi connectivity index (χ4n) is 3.43. The highest BCUT2D eigenvalue weighted by molar-refractivity contribution is 4.85. The summed E-state index contributed by atoms with van der Waals surface area (Å²) in [6.07, 6.45) is 9.91. The van der Waals surface area contributed by atoms with Crippen molar-refractivity contribution in [3.63, 3.8) is 0 Å². The van der Waals surface area contributed by atoms with E-state index >= 15 is 0 Å². The topological polar surface area (TPSA) is 21.3 Å². The molecule has 1 fully saturated rings. The largest absolute Gasteiger partial charge is 0.377 e. The Hall–Kier alpha value is -0.0800. The molecule has 19 heavy (non-hydrogen) atoms. The second-order valence-electron chi connectivity index (χ2n) is 6.23. The molecule has 3 atom stereocenters. The molecule has 0 saturated heterocycles. The van der Waals surface area contributed by atoms with Crippen molar-refractivity contribution in [1.82, 2.24) is 5.32 Å². The number of hydrogen-bond donors (Lipinski definition) is 1. The molecule has 0 aromatic carbocycles. The summed E-state index contributed by atoms with van der Waals surface area (Å²) in [7, 11) is 0. The van der Waals surface area contributed by atoms with Gasteiger partial charge in [-0.25, -0.2) is 0 Å². The lowest BCUT2D eigenvalue weighted by Gasteiger charge is -2.37. The molecule has 0 aromatic heterocycles. The molecule has 1 N–H and O–H groups in total. The van der Waals surface area contributed by atoms with Crippen LogP contribution in [0.2, 0.25) is 0 Å². The molecular weight excluding hydrogens is 234 g/mol. The normalized spacial score (nSPS) is 22.1. The Morgan fingerprint density at radius 2 is 1.79 bits per heavy atom. The van der Waals surface area contributed by atoms with Crippen LogP contribution in [0.25, 0.3) is 0 Å². The standard InChI is InChI=1S/C17H35NO/c1-5-14(4)13-16(18-6-2)17(19-7-3)15-11-9-8-10-12-15/h14-18H,5-13H2,1-4H3. The molecule has 1 aliphatic rings. The minimum atomic E-state index is 0.430. The summed E-state index contributed by atoms with van der Waals surface area (Å²) < 4.78 is 6.18. The maximum Gasteiger partial charge on any atom is 0.0756 e. The van der Waals surface area contributed by atoms with Gasteiger partial charge in [0.05, 0.1) is 6.10 Å². The number of nitrogens with one attached hydrogen (secondary N) is 1. The van der Waals surface area contributed by atoms with Crippen molar-refractivity contribution in [1.29, 1.82) is 0 Å². The summed E-state index contributed by atoms with van der Waals surface area (Å²) in [4.78, 5) is 0. The highest BCUT2D eigenvalue weighted by Crippen LogP contribution is 2.31. The minimum absolute atomic E-state index is 0.430. The lowest BCUT2D eigenvalue weighted by molar-refractivity contribution is -0.0220. The van der Waals surface area contributed by atoms with Gasteiger partial charge in [0.25, 0.3) is 0 Å². The molecule has 1 rings (SSSR count). The zero-order chi connectivity index (χ0) is 14.1. The molecule has 2 nitrogen and oxygen atoms in total. The Bertz CT molecular complexity index is 213. The third kappa shape index (κ3) is 5.83. The van der Waals surface area contributed by atoms with E-state index < -0.39 is 0 Å². The third-order valence-electron chi connectivity index (χ3n) is 4.69. The van der Waals surface area contributed by atoms with Crippen molar-refractivity contribution >= 4 is 0 Å². The smallest absolute Gasteiger partial charge is 0.0756 e. The van der Waals surface area contributed by atoms with Gasteiger partial charge in [-0.3, -0.25) is 0 Å². The maximum atomic E-state index is 6.18. The Labute approximate surface area is 120 Å². The average molecular weight is 269 g/mol. The van der Waals surface area contributed by atoms with Crippen LogP contribution in [-0.2, 0) is 4.74 Å². The SMILES string of the molecule is CCNC(CC(C)CC)C(OCC)C1CCCCC1. The van der Waals surface area contributed by atoms with Crippen molar-refractivity contribution in [2.45, 2.75) is 84.8 Å². The summed E-state index contributed by atoms with van der Waals surface area (Å²) in [5.74, 6) is 1.57. The third-order valence-corrected chi connectivity index (χ3v) is 4.69. The van der Waals surface area contributed by atoms with E-state index in [0.29, 0.717) is 12.1 Å². The zero-order valence-corrected chi connectivity index (χ0v) is 13.6. The quantitative estimate of drug-likeness (QED) is 0.670. The van der Waals surface area contributed by atoms with E-state index in [0.717, 1.165) is 25.0 Å². The van der Waals surface area contributed by atoms with Crippen LogP contribution >= 0.6 is 0 Å². The van der Waals surface area contributed by atoms with Gasteiger partial charge >= 0.3 is 0 Å². The first-order valence-electron chi connectivity index (χ1n) is 8.57. The molecule has 0 spiro atoms. The van der Waals surface area contributed by atoms with Crippen LogP contribution in [0.15, 0.2) is 0 Å². The van der Waals surface area contributed by atoms with Gasteiger partial charge in [0.2, 0.25) is 0 Å². The Balaban J connectivity index is 2.65. The molecule has 1 aliphatic carbocycles. The predicted molar refractivity (Wildman–Crippen MR) is 83.5 cm³/mol. The van der Waals surface area contributed by atoms with Gasteiger partial charge in [-0.1, -0.05) is 46.5 Å². The van der Waals surface area contributed by atoms with Crippen molar-refractivity contribution in [2.24, 2.45) is 11.8 Å². The van der Waals surface area contributed by atoms with Gasteiger partial charge in [0.15, 0.2) is 0 Å². The van der Waals surface area contributed by atoms with Crippen LogP contribution in [0.3, 0.4) is 0 Å². The predicted octanol–water partition coefficient (Wildman–Crippen LogP) is 4.39. The van der Waals surface area contributed by atoms with Crippen LogP contribution in [0.1, 0.15) is 72.6 Å². The summed E-state index contributed by atoms with van der Waals surface area (Å²) in [6, 6.07) is 0.544. The molecule has 0 aliphatic heterocycles. The van der Waals surface area contributed by atoms with Gasteiger partial charge in [-0.2, -0.15) is 0 Å². The molecule has 0 amide bonds. The summed E-state index contributed by atoms with van der Waals surface area (Å²) in [5, 5.41) is 3.71. The van der Waals surface area contributed by atoms with E-state index in [1.807, 2.05) is 0 Å². The van der Waals surface area contributed by atoms with Crippen molar-refractivity contribution in [2.75, 3.05) is 13.2 Å². The monoisotopic (exact) mass is 269 g/mol. The Kier molecular flexibility index (Phi) is 8.72. The molecule has 0 bridgehead atoms. The lowest BCUT2D eigenvalue weighted by atomic mass is 9.80. The second kappa shape index (κ2) is 9.77. The van der Waals surface area contributed by atoms with Crippen LogP contribution in [0.4, 0.5) is 0 Å². The Morgan fingerprint density at radius 1 is 1.11 bits per heavy atom. The molecule has 3 unspecified atom stereocenters. The van der Waals surface area contributed by atoms with Crippen LogP contribution in [0.5, 0.6) is 0 Å². The second-order valence-corrected chi connectivity index (χ2v) is 6.23. The molecule has 1 saturated carbocycles. The molecule has 0 aromatic rings. The number of likely N-dealkylation sites (N-methyl/N-ethyl adjacent to an activating group) is 1. The van der Waals surface area contributed by atoms with Crippen molar-refractivity contribution < 1.29 is 4.74 Å². The number of ether oxygens (including phenoxy) is 1. The molecule has 114 valence electrons. The number of hydrogen-bond acceptors (Lipinski definition) is 2. The van der Waals surface area contributed by atoms with Gasteiger partial charge in [0.1, 0.15) is 0 Å². The van der Waals surface area contributed by atoms with E-state index in [1.54, 1.807) is 0 Å². The Morgan fingerprint density at radius 3 is 2.32 bits per heavy atom. The molecular formula is C17H35NO. The zero-order valence-electron chi connectivity index (χ0n) is 13.6. The first-order chi connectivity index (χ1) is 9.22. The first-order valence-corrected chi connectivity index (χ1v) is 8.57. The average Bonchev–Trinajstić information content (AvgIpc) is 2.45. The highest BCUT2D eigenvalue weighted by atomic mass is 16.5. The minimum Gasteiger partial charge on any atom is -0.377 e. The summed E-state index contributed by atoms with van der Waals surface area (Å²) in [5.41, 5.74) is 0. The fraction of sp³-hybridized carbons (Fsp3) is 1.00. The molecule has 2 heteroatoms. The van der Waals surface area contributed by atoms with E-state index in [2.05, 4.69) is 33.0 Å². The molecule has 0 heterocycles. The van der Waals surface area contributed by atoms with Crippen LogP contribution < -0.4 is 5.32 Å². The van der Waals surface area contributed by atoms with Gasteiger partial charge in [-0.15, -0.1) is 0 Å². The van der Waals surface area contributed by atoms with E-state index in [9.17, 15) is 0 Å². The first kappa shape index (κ1) is 17.0. The fourth-order valence-corrected chi connectivity index (χ4v) is 3.43. The maximum absolute atomic E-state index is 6.18. The number of rotatable bonds is 9.